The minimum absolute atomic E-state index is 0.628. The van der Waals surface area contributed by atoms with Crippen molar-refractivity contribution in [3.05, 3.63) is 12.1 Å². The normalized spacial score (nSPS) is 13.7. The van der Waals surface area contributed by atoms with Gasteiger partial charge >= 0.3 is 0 Å². The smallest absolute Gasteiger partial charge is 0.297 e. The lowest BCUT2D eigenvalue weighted by Gasteiger charge is -2.12. The zero-order chi connectivity index (χ0) is 11.8. The van der Waals surface area contributed by atoms with E-state index in [0.717, 1.165) is 12.1 Å². The van der Waals surface area contributed by atoms with Crippen LogP contribution < -0.4 is 5.73 Å². The highest BCUT2D eigenvalue weighted by molar-refractivity contribution is 7.87. The third-order valence-corrected chi connectivity index (χ3v) is 3.36. The average Bonchev–Trinajstić information content (AvgIpc) is 2.06. The lowest BCUT2D eigenvalue weighted by Crippen LogP contribution is -2.08. The summed E-state index contributed by atoms with van der Waals surface area (Å²) in [7, 11) is -4.81. The van der Waals surface area contributed by atoms with Crippen LogP contribution in [0.5, 0.6) is 5.75 Å². The molecule has 0 heterocycles. The van der Waals surface area contributed by atoms with Crippen molar-refractivity contribution in [2.24, 2.45) is 0 Å². The van der Waals surface area contributed by atoms with Crippen LogP contribution >= 0.6 is 0 Å². The van der Waals surface area contributed by atoms with Crippen LogP contribution in [0, 0.1) is 0 Å². The molecule has 4 N–H and O–H groups in total. The summed E-state index contributed by atoms with van der Waals surface area (Å²) < 4.78 is 51.6. The Hall–Kier alpha value is -1.16. The lowest BCUT2D eigenvalue weighted by molar-refractivity contribution is 0.465. The highest BCUT2D eigenvalue weighted by Gasteiger charge is 2.22. The molecule has 1 aromatic carbocycles. The molecular weight excluding hydrogens is 246 g/mol. The van der Waals surface area contributed by atoms with Crippen molar-refractivity contribution in [2.45, 2.75) is 9.79 Å². The topological polar surface area (TPSA) is 141 Å². The molecule has 0 bridgehead atoms. The summed E-state index contributed by atoms with van der Waals surface area (Å²) in [4.78, 5) is -1.72. The van der Waals surface area contributed by atoms with E-state index in [9.17, 15) is 17.2 Å². The van der Waals surface area contributed by atoms with Gasteiger partial charge in [0.25, 0.3) is 10.1 Å². The molecule has 9 heteroatoms. The molecule has 0 aromatic heterocycles. The fraction of sp³-hybridized carbons (Fsp3) is 0. The predicted octanol–water partition coefficient (Wildman–Crippen LogP) is -0.541. The van der Waals surface area contributed by atoms with E-state index in [2.05, 4.69) is 0 Å². The first-order valence-electron chi connectivity index (χ1n) is 3.43. The van der Waals surface area contributed by atoms with E-state index in [4.69, 9.17) is 15.4 Å². The molecular formula is C6H6NO6S2-. The summed E-state index contributed by atoms with van der Waals surface area (Å²) >= 11 is -2.89. The van der Waals surface area contributed by atoms with Crippen LogP contribution in [0.3, 0.4) is 0 Å². The quantitative estimate of drug-likeness (QED) is 0.278. The van der Waals surface area contributed by atoms with E-state index in [-0.39, 0.29) is 0 Å². The van der Waals surface area contributed by atoms with Gasteiger partial charge in [0, 0.05) is 4.90 Å². The number of benzene rings is 1. The number of rotatable bonds is 2. The molecule has 15 heavy (non-hydrogen) atoms. The van der Waals surface area contributed by atoms with Gasteiger partial charge in [-0.25, -0.2) is 0 Å². The third kappa shape index (κ3) is 2.26. The zero-order valence-electron chi connectivity index (χ0n) is 7.08. The number of anilines is 1. The van der Waals surface area contributed by atoms with Gasteiger partial charge < -0.3 is 15.4 Å². The first-order valence-corrected chi connectivity index (χ1v) is 5.95. The second-order valence-electron chi connectivity index (χ2n) is 2.54. The van der Waals surface area contributed by atoms with E-state index >= 15 is 0 Å². The van der Waals surface area contributed by atoms with Gasteiger partial charge in [-0.1, -0.05) is 0 Å². The van der Waals surface area contributed by atoms with Gasteiger partial charge in [-0.05, 0) is 23.2 Å². The molecule has 0 fully saturated rings. The van der Waals surface area contributed by atoms with Crippen LogP contribution in [-0.2, 0) is 21.2 Å². The van der Waals surface area contributed by atoms with Gasteiger partial charge in [0.2, 0.25) is 0 Å². The van der Waals surface area contributed by atoms with Crippen molar-refractivity contribution in [1.29, 1.82) is 0 Å². The summed E-state index contributed by atoms with van der Waals surface area (Å²) in [6.45, 7) is 0. The van der Waals surface area contributed by atoms with E-state index in [1.54, 1.807) is 0 Å². The summed E-state index contributed by atoms with van der Waals surface area (Å²) in [6.07, 6.45) is 0. The van der Waals surface area contributed by atoms with Crippen molar-refractivity contribution in [3.8, 4) is 5.75 Å². The number of aromatic hydroxyl groups is 1. The Morgan fingerprint density at radius 3 is 2.33 bits per heavy atom. The monoisotopic (exact) mass is 252 g/mol. The highest BCUT2D eigenvalue weighted by atomic mass is 32.2. The molecule has 0 saturated carbocycles. The Balaban J connectivity index is 3.72. The van der Waals surface area contributed by atoms with Gasteiger partial charge in [-0.2, -0.15) is 8.42 Å². The van der Waals surface area contributed by atoms with Crippen LogP contribution in [0.15, 0.2) is 21.9 Å². The Morgan fingerprint density at radius 1 is 1.40 bits per heavy atom. The largest absolute Gasteiger partial charge is 0.768 e. The van der Waals surface area contributed by atoms with E-state index in [1.165, 1.54) is 0 Å². The number of nitrogens with two attached hydrogens (primary N) is 1. The Bertz CT molecular complexity index is 523. The minimum Gasteiger partial charge on any atom is -0.768 e. The van der Waals surface area contributed by atoms with Gasteiger partial charge in [-0.15, -0.1) is 0 Å². The Kier molecular flexibility index (Phi) is 3.00. The van der Waals surface area contributed by atoms with E-state index in [0.29, 0.717) is 0 Å². The second-order valence-corrected chi connectivity index (χ2v) is 4.80. The van der Waals surface area contributed by atoms with Gasteiger partial charge in [0.05, 0.1) is 5.69 Å². The Morgan fingerprint density at radius 2 is 1.93 bits per heavy atom. The molecule has 0 spiro atoms. The van der Waals surface area contributed by atoms with E-state index in [1.807, 2.05) is 0 Å². The number of nitrogen functional groups attached to an aromatic ring is 1. The molecule has 1 unspecified atom stereocenters. The van der Waals surface area contributed by atoms with Crippen molar-refractivity contribution >= 4 is 26.9 Å². The number of phenols is 1. The van der Waals surface area contributed by atoms with Crippen LogP contribution in [0.2, 0.25) is 0 Å². The molecule has 1 rings (SSSR count). The van der Waals surface area contributed by atoms with Crippen molar-refractivity contribution in [1.82, 2.24) is 0 Å². The molecule has 0 aliphatic heterocycles. The first kappa shape index (κ1) is 11.9. The molecule has 0 radical (unpaired) electrons. The maximum Gasteiger partial charge on any atom is 0.297 e. The second kappa shape index (κ2) is 3.77. The molecule has 0 aliphatic rings. The summed E-state index contributed by atoms with van der Waals surface area (Å²) in [5.74, 6) is -0.628. The average molecular weight is 252 g/mol. The van der Waals surface area contributed by atoms with Crippen molar-refractivity contribution < 1.29 is 26.8 Å². The number of hydrogen-bond donors (Lipinski definition) is 3. The minimum atomic E-state index is -4.81. The summed E-state index contributed by atoms with van der Waals surface area (Å²) in [5.41, 5.74) is 4.44. The fourth-order valence-corrected chi connectivity index (χ4v) is 2.63. The van der Waals surface area contributed by atoms with Gasteiger partial charge in [-0.3, -0.25) is 8.76 Å². The van der Waals surface area contributed by atoms with Gasteiger partial charge in [0.1, 0.15) is 10.6 Å². The molecule has 0 amide bonds. The van der Waals surface area contributed by atoms with Crippen LogP contribution in [0.4, 0.5) is 5.69 Å². The number of phenolic OH excluding ortho intramolecular Hbond substituents is 1. The third-order valence-electron chi connectivity index (χ3n) is 1.57. The summed E-state index contributed by atoms with van der Waals surface area (Å²) in [5, 5.41) is 9.07. The maximum atomic E-state index is 10.8. The molecule has 1 atom stereocenters. The standard InChI is InChI=1S/C6H7NO6S2/c7-5-3(8)1-2-4(14(9)10)6(5)15(11,12)13/h1-2,8H,7H2,(H,9,10)(H,11,12,13)/p-1. The van der Waals surface area contributed by atoms with Crippen molar-refractivity contribution in [2.75, 3.05) is 5.73 Å². The molecule has 0 aliphatic carbocycles. The highest BCUT2D eigenvalue weighted by Crippen LogP contribution is 2.32. The fourth-order valence-electron chi connectivity index (χ4n) is 0.966. The van der Waals surface area contributed by atoms with Crippen LogP contribution in [-0.4, -0.2) is 26.8 Å². The zero-order valence-corrected chi connectivity index (χ0v) is 8.71. The van der Waals surface area contributed by atoms with Crippen molar-refractivity contribution in [3.63, 3.8) is 0 Å². The molecule has 7 nitrogen and oxygen atoms in total. The molecule has 1 aromatic rings. The summed E-state index contributed by atoms with van der Waals surface area (Å²) in [6, 6.07) is 1.73. The first-order chi connectivity index (χ1) is 6.75. The number of hydrogen-bond acceptors (Lipinski definition) is 6. The predicted molar refractivity (Wildman–Crippen MR) is 49.5 cm³/mol. The lowest BCUT2D eigenvalue weighted by atomic mass is 10.3. The SMILES string of the molecule is Nc1c(O)ccc(S(=O)[O-])c1S(=O)(=O)O. The van der Waals surface area contributed by atoms with Crippen LogP contribution in [0.25, 0.3) is 0 Å². The van der Waals surface area contributed by atoms with Crippen LogP contribution in [0.1, 0.15) is 0 Å². The van der Waals surface area contributed by atoms with Gasteiger partial charge in [0.15, 0.2) is 0 Å². The van der Waals surface area contributed by atoms with E-state index < -0.39 is 42.4 Å². The maximum absolute atomic E-state index is 10.8. The Labute approximate surface area is 87.6 Å². The molecule has 0 saturated heterocycles. The molecule has 84 valence electrons.